The molecule has 0 saturated carbocycles. The van der Waals surface area contributed by atoms with Gasteiger partial charge in [-0.25, -0.2) is 9.59 Å². The molecule has 0 fully saturated rings. The quantitative estimate of drug-likeness (QED) is 0.0466. The number of nitrogens with one attached hydrogen (secondary N) is 7. The third kappa shape index (κ3) is 46.1. The summed E-state index contributed by atoms with van der Waals surface area (Å²) >= 11 is 0. The second-order valence-corrected chi connectivity index (χ2v) is 18.0. The minimum absolute atomic E-state index is 0.178. The number of pyridine rings is 2. The minimum Gasteiger partial charge on any atom is -0.382 e. The molecule has 10 aromatic rings. The van der Waals surface area contributed by atoms with E-state index in [4.69, 9.17) is 4.74 Å². The van der Waals surface area contributed by atoms with Crippen molar-refractivity contribution in [1.82, 2.24) is 9.97 Å². The normalized spacial score (nSPS) is 9.44. The van der Waals surface area contributed by atoms with E-state index in [2.05, 4.69) is 65.5 Å². The topological polar surface area (TPSA) is 182 Å². The van der Waals surface area contributed by atoms with Gasteiger partial charge < -0.3 is 30.1 Å². The Morgan fingerprint density at radius 1 is 0.295 bits per heavy atom. The molecule has 7 N–H and O–H groups in total. The summed E-state index contributed by atoms with van der Waals surface area (Å²) in [5, 5.41) is 11.1. The number of aromatic nitrogens is 2. The smallest absolute Gasteiger partial charge is 0.382 e. The Morgan fingerprint density at radius 2 is 0.524 bits per heavy atom. The van der Waals surface area contributed by atoms with Gasteiger partial charge in [0, 0.05) is 34.9 Å². The van der Waals surface area contributed by atoms with Gasteiger partial charge in [-0.15, -0.1) is 21.1 Å². The molecular weight excluding hydrogens is 1300 g/mol. The molecule has 0 aliphatic rings. The number of urea groups is 2. The zero-order chi connectivity index (χ0) is 80.4. The Bertz CT molecular complexity index is 3300. The predicted octanol–water partition coefficient (Wildman–Crippen LogP) is 22.4. The van der Waals surface area contributed by atoms with Crippen LogP contribution in [0.5, 0.6) is 5.75 Å². The number of nitrogens with zero attached hydrogens (tertiary/aromatic N) is 2. The van der Waals surface area contributed by atoms with Crippen LogP contribution in [0.25, 0.3) is 11.1 Å². The first-order chi connectivity index (χ1) is 51.4. The molecule has 0 spiro atoms. The van der Waals surface area contributed by atoms with Crippen molar-refractivity contribution < 1.29 is 43.4 Å². The first kappa shape index (κ1) is 102. The van der Waals surface area contributed by atoms with Gasteiger partial charge in [0.05, 0.1) is 23.8 Å². The van der Waals surface area contributed by atoms with Crippen LogP contribution in [0.4, 0.5) is 54.2 Å². The summed E-state index contributed by atoms with van der Waals surface area (Å²) in [6.07, 6.45) is 6.07. The molecule has 7 amide bonds. The van der Waals surface area contributed by atoms with Crippen LogP contribution in [0.15, 0.2) is 305 Å². The van der Waals surface area contributed by atoms with E-state index in [1.165, 1.54) is 0 Å². The van der Waals surface area contributed by atoms with Crippen molar-refractivity contribution in [2.24, 2.45) is 0 Å². The summed E-state index contributed by atoms with van der Waals surface area (Å²) < 4.78 is 5.19. The lowest BCUT2D eigenvalue weighted by Crippen LogP contribution is -3.05. The number of quaternary nitrogens is 3. The monoisotopic (exact) mass is 1430 g/mol. The summed E-state index contributed by atoms with van der Waals surface area (Å²) in [6, 6.07) is 81.1. The number of para-hydroxylation sites is 6. The first-order valence-corrected chi connectivity index (χ1v) is 36.5. The highest BCUT2D eigenvalue weighted by atomic mass is 16.6. The molecule has 15 nitrogen and oxygen atoms in total. The molecule has 3 atom stereocenters. The summed E-state index contributed by atoms with van der Waals surface area (Å²) in [5.41, 5.74) is 7.84. The van der Waals surface area contributed by atoms with Crippen LogP contribution < -0.4 is 40.7 Å². The average Bonchev–Trinajstić information content (AvgIpc) is 0.916. The standard InChI is InChI=1S/C15H13NO.C14H14N2O.C14H12N2O.C14H13NO2.C13H13N3O.10C2H6/c1-12(13-8-4-2-5-9-13)15(17)16-14-10-6-3-7-11-14;1-16(13-10-6-3-7-11-13)14(17)15-12-8-4-2-5-9-12;1-11(12-6-3-2-4-7-12)14(17)16-13-8-5-9-15-10-13;1-15(12-8-4-2-5-9-12)14(16)17-13-10-6-3-7-11-13;1-16(12-7-3-2-4-8-12)13(17)15-11-6-5-9-14-10-11;10*1-2/h2-11H,1H2,(H,16,17);2-11,16H,1H2,(H,15,17);2-10H,1H2,(H,16,17);2-11,15H,1H2;2-10,16H,1H2,(H,15,17);10*1-2H3. The average molecular weight is 1430 g/mol. The number of ether oxygens (including phenoxy) is 1. The zero-order valence-electron chi connectivity index (χ0n) is 66.6. The highest BCUT2D eigenvalue weighted by Crippen LogP contribution is 2.17. The van der Waals surface area contributed by atoms with E-state index in [0.717, 1.165) is 39.6 Å². The van der Waals surface area contributed by atoms with Crippen LogP contribution >= 0.6 is 0 Å². The van der Waals surface area contributed by atoms with Gasteiger partial charge in [0.15, 0.2) is 0 Å². The van der Waals surface area contributed by atoms with Crippen molar-refractivity contribution in [3.63, 3.8) is 0 Å². The zero-order valence-corrected chi connectivity index (χ0v) is 66.6. The lowest BCUT2D eigenvalue weighted by Gasteiger charge is -2.17. The summed E-state index contributed by atoms with van der Waals surface area (Å²) in [7, 11) is 11.3. The van der Waals surface area contributed by atoms with E-state index in [1.807, 2.05) is 369 Å². The third-order valence-corrected chi connectivity index (χ3v) is 11.8. The predicted molar refractivity (Wildman–Crippen MR) is 451 cm³/mol. The lowest BCUT2D eigenvalue weighted by atomic mass is 10.1. The molecule has 8 aromatic carbocycles. The number of carbonyl (C=O) groups excluding carboxylic acids is 5. The minimum atomic E-state index is -0.428. The van der Waals surface area contributed by atoms with Crippen molar-refractivity contribution >= 4 is 80.9 Å². The Kier molecular flexibility index (Phi) is 70.8. The maximum atomic E-state index is 11.9. The van der Waals surface area contributed by atoms with Crippen LogP contribution in [0.2, 0.25) is 0 Å². The van der Waals surface area contributed by atoms with E-state index in [9.17, 15) is 24.0 Å². The molecule has 0 aliphatic carbocycles. The molecule has 0 radical (unpaired) electrons. The molecular formula is C90H125N9O6. The number of amides is 7. The maximum absolute atomic E-state index is 11.9. The fourth-order valence-electron chi connectivity index (χ4n) is 7.24. The van der Waals surface area contributed by atoms with Crippen LogP contribution in [0, 0.1) is 21.1 Å². The van der Waals surface area contributed by atoms with Gasteiger partial charge in [-0.05, 0) is 108 Å². The summed E-state index contributed by atoms with van der Waals surface area (Å²) in [5.74, 6) is 0.126. The van der Waals surface area contributed by atoms with E-state index >= 15 is 0 Å². The van der Waals surface area contributed by atoms with Gasteiger partial charge in [-0.3, -0.25) is 30.2 Å². The van der Waals surface area contributed by atoms with E-state index in [0.29, 0.717) is 43.0 Å². The molecule has 10 rings (SSSR count). The molecule has 0 saturated heterocycles. The molecule has 0 aliphatic heterocycles. The SMILES string of the molecule is C=C(C(=O)Nc1ccccc1)c1ccccc1.C=C(C(=O)Nc1cccnc1)c1ccccc1.CC.CC.CC.CC.CC.CC.CC.CC.CC.CC.[CH2-][NH+](C(=O)Nc1ccccc1)c1ccccc1.[CH2-][NH+](C(=O)Nc1cccnc1)c1ccccc1.[CH2-][NH+](C(=O)Oc1ccccc1)c1ccccc1. The molecule has 566 valence electrons. The largest absolute Gasteiger partial charge is 0.497 e. The Hall–Kier alpha value is -11.2. The van der Waals surface area contributed by atoms with Crippen molar-refractivity contribution in [1.29, 1.82) is 0 Å². The number of hydrogen-bond donors (Lipinski definition) is 7. The second kappa shape index (κ2) is 72.6. The van der Waals surface area contributed by atoms with Gasteiger partial charge in [0.25, 0.3) is 11.8 Å². The van der Waals surface area contributed by atoms with E-state index in [-0.39, 0.29) is 23.9 Å². The Labute approximate surface area is 633 Å². The van der Waals surface area contributed by atoms with Gasteiger partial charge in [0.2, 0.25) is 0 Å². The fraction of sp³-hybridized carbons (Fsp3) is 0.222. The lowest BCUT2D eigenvalue weighted by molar-refractivity contribution is -0.695. The van der Waals surface area contributed by atoms with Crippen LogP contribution in [-0.2, 0) is 9.59 Å². The van der Waals surface area contributed by atoms with Gasteiger partial charge >= 0.3 is 18.2 Å². The first-order valence-electron chi connectivity index (χ1n) is 36.5. The number of hydrogen-bond acceptors (Lipinski definition) is 8. The molecule has 3 unspecified atom stereocenters. The third-order valence-electron chi connectivity index (χ3n) is 11.8. The maximum Gasteiger partial charge on any atom is 0.497 e. The highest BCUT2D eigenvalue weighted by Gasteiger charge is 2.16. The van der Waals surface area contributed by atoms with Crippen molar-refractivity contribution in [3.05, 3.63) is 337 Å². The van der Waals surface area contributed by atoms with Gasteiger partial charge in [-0.1, -0.05) is 321 Å². The van der Waals surface area contributed by atoms with Crippen LogP contribution in [0.3, 0.4) is 0 Å². The van der Waals surface area contributed by atoms with Crippen LogP contribution in [0.1, 0.15) is 150 Å². The van der Waals surface area contributed by atoms with Gasteiger partial charge in [0.1, 0.15) is 22.8 Å². The summed E-state index contributed by atoms with van der Waals surface area (Å²) in [4.78, 5) is 68.5. The highest BCUT2D eigenvalue weighted by molar-refractivity contribution is 6.25. The number of benzene rings is 8. The van der Waals surface area contributed by atoms with E-state index < -0.39 is 6.09 Å². The molecule has 2 heterocycles. The molecule has 105 heavy (non-hydrogen) atoms. The van der Waals surface area contributed by atoms with Crippen molar-refractivity contribution in [2.45, 2.75) is 138 Å². The number of anilines is 4. The second-order valence-electron chi connectivity index (χ2n) is 18.0. The number of carbonyl (C=O) groups is 5. The summed E-state index contributed by atoms with van der Waals surface area (Å²) in [6.45, 7) is 47.6. The number of rotatable bonds is 12. The molecule has 0 bridgehead atoms. The Morgan fingerprint density at radius 3 is 0.819 bits per heavy atom. The Balaban J connectivity index is -0.000000373. The molecule has 15 heteroatoms. The van der Waals surface area contributed by atoms with Gasteiger partial charge in [-0.2, -0.15) is 4.79 Å². The van der Waals surface area contributed by atoms with E-state index in [1.54, 1.807) is 61.2 Å². The molecule has 2 aromatic heterocycles. The van der Waals surface area contributed by atoms with Crippen LogP contribution in [-0.4, -0.2) is 39.9 Å². The van der Waals surface area contributed by atoms with Crippen molar-refractivity contribution in [3.8, 4) is 5.75 Å². The fourth-order valence-corrected chi connectivity index (χ4v) is 7.24. The van der Waals surface area contributed by atoms with Crippen molar-refractivity contribution in [2.75, 3.05) is 21.3 Å².